The second-order valence-electron chi connectivity index (χ2n) is 1.82. The van der Waals surface area contributed by atoms with Crippen LogP contribution < -0.4 is 5.54 Å². The summed E-state index contributed by atoms with van der Waals surface area (Å²) >= 11 is 3.22. The van der Waals surface area contributed by atoms with E-state index in [2.05, 4.69) is 20.9 Å². The topological polar surface area (TPSA) is 24.9 Å². The Bertz CT molecular complexity index is 217. The maximum atomic E-state index is 11.5. The number of nitrogens with zero attached hydrogens (tertiary/aromatic N) is 1. The van der Waals surface area contributed by atoms with Crippen molar-refractivity contribution in [3.05, 3.63) is 28.5 Å². The number of halogens is 2. The van der Waals surface area contributed by atoms with E-state index < -0.39 is 0 Å². The number of pyridine rings is 1. The largest absolute Gasteiger partial charge is 0.263 e. The van der Waals surface area contributed by atoms with Crippen molar-refractivity contribution in [3.63, 3.8) is 0 Å². The number of nitrogens with one attached hydrogen (secondary N) is 1. The van der Waals surface area contributed by atoms with E-state index in [-0.39, 0.29) is 6.54 Å². The van der Waals surface area contributed by atoms with Crippen LogP contribution in [0, 0.1) is 0 Å². The summed E-state index contributed by atoms with van der Waals surface area (Å²) in [6.45, 7) is 0.201. The highest BCUT2D eigenvalue weighted by molar-refractivity contribution is 9.10. The molecule has 1 aromatic heterocycles. The van der Waals surface area contributed by atoms with E-state index in [0.29, 0.717) is 0 Å². The van der Waals surface area contributed by atoms with E-state index in [4.69, 9.17) is 0 Å². The van der Waals surface area contributed by atoms with Crippen LogP contribution in [0.1, 0.15) is 5.56 Å². The first-order chi connectivity index (χ1) is 4.83. The van der Waals surface area contributed by atoms with Crippen molar-refractivity contribution >= 4 is 15.9 Å². The zero-order valence-electron chi connectivity index (χ0n) is 5.14. The minimum atomic E-state index is 0.201. The molecule has 0 saturated carbocycles. The van der Waals surface area contributed by atoms with Crippen molar-refractivity contribution in [2.75, 3.05) is 0 Å². The van der Waals surface area contributed by atoms with E-state index in [0.717, 1.165) is 10.0 Å². The molecule has 2 nitrogen and oxygen atoms in total. The molecule has 0 fully saturated rings. The summed E-state index contributed by atoms with van der Waals surface area (Å²) < 4.78 is 12.4. The van der Waals surface area contributed by atoms with Gasteiger partial charge < -0.3 is 0 Å². The highest BCUT2D eigenvalue weighted by atomic mass is 79.9. The molecule has 0 aliphatic heterocycles. The molecule has 0 aliphatic carbocycles. The molecule has 0 aromatic carbocycles. The first-order valence-electron chi connectivity index (χ1n) is 2.76. The lowest BCUT2D eigenvalue weighted by atomic mass is 10.3. The van der Waals surface area contributed by atoms with Crippen LogP contribution in [0.4, 0.5) is 4.48 Å². The predicted octanol–water partition coefficient (Wildman–Crippen LogP) is 1.82. The summed E-state index contributed by atoms with van der Waals surface area (Å²) in [6, 6.07) is 1.81. The van der Waals surface area contributed by atoms with E-state index in [1.54, 1.807) is 24.0 Å². The van der Waals surface area contributed by atoms with Gasteiger partial charge in [-0.15, -0.1) is 4.48 Å². The molecule has 0 saturated heterocycles. The molecule has 0 unspecified atom stereocenters. The highest BCUT2D eigenvalue weighted by Crippen LogP contribution is 2.08. The van der Waals surface area contributed by atoms with E-state index in [9.17, 15) is 4.48 Å². The molecule has 0 amide bonds. The quantitative estimate of drug-likeness (QED) is 0.744. The van der Waals surface area contributed by atoms with Gasteiger partial charge in [-0.2, -0.15) is 5.54 Å². The zero-order chi connectivity index (χ0) is 7.40. The molecule has 1 heterocycles. The van der Waals surface area contributed by atoms with Gasteiger partial charge in [-0.3, -0.25) is 4.98 Å². The monoisotopic (exact) mass is 204 g/mol. The average molecular weight is 205 g/mol. The van der Waals surface area contributed by atoms with Gasteiger partial charge in [-0.05, 0) is 27.6 Å². The van der Waals surface area contributed by atoms with Crippen molar-refractivity contribution in [3.8, 4) is 0 Å². The Hall–Kier alpha value is -0.480. The van der Waals surface area contributed by atoms with Gasteiger partial charge in [0.1, 0.15) is 0 Å². The smallest absolute Gasteiger partial charge is 0.0525 e. The highest BCUT2D eigenvalue weighted by Gasteiger charge is 1.91. The third-order valence-corrected chi connectivity index (χ3v) is 1.47. The summed E-state index contributed by atoms with van der Waals surface area (Å²) in [6.07, 6.45) is 3.26. The van der Waals surface area contributed by atoms with Gasteiger partial charge in [0.2, 0.25) is 0 Å². The standard InChI is InChI=1S/C6H6BrFN2/c7-6-1-5(3-10-8)2-9-4-6/h1-2,4,10H,3H2. The van der Waals surface area contributed by atoms with Crippen LogP contribution in [0.3, 0.4) is 0 Å². The molecule has 4 heteroatoms. The third-order valence-electron chi connectivity index (χ3n) is 1.03. The lowest BCUT2D eigenvalue weighted by Crippen LogP contribution is -1.99. The van der Waals surface area contributed by atoms with Crippen LogP contribution in [0.2, 0.25) is 0 Å². The summed E-state index contributed by atoms with van der Waals surface area (Å²) in [4.78, 5) is 3.85. The molecule has 1 N–H and O–H groups in total. The van der Waals surface area contributed by atoms with Gasteiger partial charge in [-0.1, -0.05) is 0 Å². The molecule has 1 aromatic rings. The van der Waals surface area contributed by atoms with Crippen molar-refractivity contribution < 1.29 is 4.48 Å². The Morgan fingerprint density at radius 1 is 1.60 bits per heavy atom. The first-order valence-corrected chi connectivity index (χ1v) is 3.55. The van der Waals surface area contributed by atoms with Crippen molar-refractivity contribution in [1.82, 2.24) is 10.5 Å². The van der Waals surface area contributed by atoms with Crippen molar-refractivity contribution in [2.45, 2.75) is 6.54 Å². The molecule has 54 valence electrons. The average Bonchev–Trinajstić information content (AvgIpc) is 1.88. The van der Waals surface area contributed by atoms with E-state index >= 15 is 0 Å². The van der Waals surface area contributed by atoms with Gasteiger partial charge >= 0.3 is 0 Å². The number of rotatable bonds is 2. The lowest BCUT2D eigenvalue weighted by molar-refractivity contribution is 0.330. The third kappa shape index (κ3) is 2.04. The first kappa shape index (κ1) is 7.63. The normalized spacial score (nSPS) is 9.80. The van der Waals surface area contributed by atoms with Gasteiger partial charge in [0, 0.05) is 16.9 Å². The number of hydrogen-bond donors (Lipinski definition) is 1. The molecule has 0 spiro atoms. The summed E-state index contributed by atoms with van der Waals surface area (Å²) in [5.74, 6) is 0. The van der Waals surface area contributed by atoms with E-state index in [1.165, 1.54) is 0 Å². The summed E-state index contributed by atoms with van der Waals surface area (Å²) in [5, 5.41) is 0. The van der Waals surface area contributed by atoms with Gasteiger partial charge in [0.25, 0.3) is 0 Å². The Balaban J connectivity index is 2.75. The Kier molecular flexibility index (Phi) is 2.77. The fourth-order valence-electron chi connectivity index (χ4n) is 0.630. The maximum absolute atomic E-state index is 11.5. The summed E-state index contributed by atoms with van der Waals surface area (Å²) in [7, 11) is 0. The van der Waals surface area contributed by atoms with Crippen LogP contribution in [0.15, 0.2) is 22.9 Å². The SMILES string of the molecule is FNCc1cncc(Br)c1. The fourth-order valence-corrected chi connectivity index (χ4v) is 1.04. The van der Waals surface area contributed by atoms with Crippen LogP contribution in [-0.2, 0) is 6.54 Å². The minimum absolute atomic E-state index is 0.201. The van der Waals surface area contributed by atoms with Crippen LogP contribution >= 0.6 is 15.9 Å². The zero-order valence-corrected chi connectivity index (χ0v) is 6.73. The van der Waals surface area contributed by atoms with Crippen molar-refractivity contribution in [2.24, 2.45) is 0 Å². The van der Waals surface area contributed by atoms with Gasteiger partial charge in [0.05, 0.1) is 6.54 Å². The van der Waals surface area contributed by atoms with Crippen LogP contribution in [0.25, 0.3) is 0 Å². The van der Waals surface area contributed by atoms with E-state index in [1.807, 2.05) is 0 Å². The maximum Gasteiger partial charge on any atom is 0.0525 e. The fraction of sp³-hybridized carbons (Fsp3) is 0.167. The molecular weight excluding hydrogens is 199 g/mol. The molecule has 0 aliphatic rings. The summed E-state index contributed by atoms with van der Waals surface area (Å²) in [5.41, 5.74) is 2.37. The lowest BCUT2D eigenvalue weighted by Gasteiger charge is -1.95. The Morgan fingerprint density at radius 3 is 3.00 bits per heavy atom. The minimum Gasteiger partial charge on any atom is -0.263 e. The van der Waals surface area contributed by atoms with Crippen LogP contribution in [0.5, 0.6) is 0 Å². The Labute approximate surface area is 66.5 Å². The predicted molar refractivity (Wildman–Crippen MR) is 39.9 cm³/mol. The molecule has 0 atom stereocenters. The molecule has 0 bridgehead atoms. The van der Waals surface area contributed by atoms with Gasteiger partial charge in [0.15, 0.2) is 0 Å². The number of hydrogen-bond acceptors (Lipinski definition) is 2. The van der Waals surface area contributed by atoms with Crippen molar-refractivity contribution in [1.29, 1.82) is 0 Å². The van der Waals surface area contributed by atoms with Gasteiger partial charge in [-0.25, -0.2) is 0 Å². The number of aromatic nitrogens is 1. The Morgan fingerprint density at radius 2 is 2.40 bits per heavy atom. The second-order valence-corrected chi connectivity index (χ2v) is 2.74. The second kappa shape index (κ2) is 3.63. The molecular formula is C6H6BrFN2. The molecule has 10 heavy (non-hydrogen) atoms. The van der Waals surface area contributed by atoms with Crippen LogP contribution in [-0.4, -0.2) is 4.98 Å². The molecule has 0 radical (unpaired) electrons. The molecule has 1 rings (SSSR count).